The molecule has 1 atom stereocenters. The third-order valence-electron chi connectivity index (χ3n) is 0.849. The molecule has 0 aliphatic carbocycles. The standard InChI is InChI=1S/C3H6O2Si/c4-1-3(6)2-5-3/h1H,2H2,6H3. The lowest BCUT2D eigenvalue weighted by molar-refractivity contribution is -0.109. The van der Waals surface area contributed by atoms with Crippen molar-refractivity contribution in [3.63, 3.8) is 0 Å². The van der Waals surface area contributed by atoms with E-state index in [9.17, 15) is 4.79 Å². The minimum absolute atomic E-state index is 0.250. The van der Waals surface area contributed by atoms with Crippen LogP contribution in [0.15, 0.2) is 0 Å². The number of aldehydes is 1. The molecule has 0 bridgehead atoms. The van der Waals surface area contributed by atoms with Gasteiger partial charge in [0, 0.05) is 0 Å². The molecule has 1 saturated heterocycles. The molecule has 0 aromatic rings. The van der Waals surface area contributed by atoms with Crippen LogP contribution in [0.5, 0.6) is 0 Å². The van der Waals surface area contributed by atoms with Gasteiger partial charge in [-0.2, -0.15) is 0 Å². The van der Waals surface area contributed by atoms with Gasteiger partial charge in [-0.1, -0.05) is 0 Å². The molecule has 3 heteroatoms. The summed E-state index contributed by atoms with van der Waals surface area (Å²) >= 11 is 0. The lowest BCUT2D eigenvalue weighted by atomic mass is 10.5. The molecule has 1 rings (SSSR count). The molecule has 6 heavy (non-hydrogen) atoms. The molecule has 1 heterocycles. The van der Waals surface area contributed by atoms with Crippen molar-refractivity contribution in [2.45, 2.75) is 5.22 Å². The van der Waals surface area contributed by atoms with Gasteiger partial charge in [0.05, 0.1) is 16.8 Å². The van der Waals surface area contributed by atoms with E-state index in [-0.39, 0.29) is 5.22 Å². The van der Waals surface area contributed by atoms with Gasteiger partial charge in [0.2, 0.25) is 0 Å². The highest BCUT2D eigenvalue weighted by molar-refractivity contribution is 6.25. The van der Waals surface area contributed by atoms with Gasteiger partial charge >= 0.3 is 0 Å². The predicted octanol–water partition coefficient (Wildman–Crippen LogP) is -1.72. The van der Waals surface area contributed by atoms with Crippen molar-refractivity contribution in [2.24, 2.45) is 0 Å². The van der Waals surface area contributed by atoms with Crippen LogP contribution in [0.4, 0.5) is 0 Å². The Bertz CT molecular complexity index is 76.9. The molecule has 34 valence electrons. The summed E-state index contributed by atoms with van der Waals surface area (Å²) in [4.78, 5) is 9.80. The second kappa shape index (κ2) is 0.916. The molecular formula is C3H6O2Si. The first-order valence-corrected chi connectivity index (χ1v) is 2.87. The van der Waals surface area contributed by atoms with Crippen molar-refractivity contribution < 1.29 is 9.53 Å². The van der Waals surface area contributed by atoms with E-state index in [0.29, 0.717) is 6.61 Å². The van der Waals surface area contributed by atoms with Crippen LogP contribution in [-0.2, 0) is 9.53 Å². The van der Waals surface area contributed by atoms with E-state index < -0.39 is 0 Å². The van der Waals surface area contributed by atoms with Crippen LogP contribution in [0, 0.1) is 0 Å². The van der Waals surface area contributed by atoms with E-state index >= 15 is 0 Å². The molecular weight excluding hydrogens is 96.1 g/mol. The first-order valence-electron chi connectivity index (χ1n) is 1.87. The molecule has 1 aliphatic heterocycles. The van der Waals surface area contributed by atoms with Gasteiger partial charge in [0.1, 0.15) is 11.5 Å². The molecule has 0 spiro atoms. The van der Waals surface area contributed by atoms with Crippen LogP contribution in [0.3, 0.4) is 0 Å². The van der Waals surface area contributed by atoms with E-state index in [1.54, 1.807) is 0 Å². The lowest BCUT2D eigenvalue weighted by Gasteiger charge is -1.80. The smallest absolute Gasteiger partial charge is 0.149 e. The summed E-state index contributed by atoms with van der Waals surface area (Å²) in [7, 11) is 0.850. The maximum Gasteiger partial charge on any atom is 0.149 e. The Hall–Kier alpha value is -0.153. The first-order chi connectivity index (χ1) is 2.77. The largest absolute Gasteiger partial charge is 0.367 e. The van der Waals surface area contributed by atoms with Crippen LogP contribution in [0.25, 0.3) is 0 Å². The van der Waals surface area contributed by atoms with Crippen molar-refractivity contribution in [1.29, 1.82) is 0 Å². The van der Waals surface area contributed by atoms with E-state index in [1.807, 2.05) is 0 Å². The second-order valence-corrected chi connectivity index (χ2v) is 3.41. The van der Waals surface area contributed by atoms with E-state index in [0.717, 1.165) is 16.5 Å². The molecule has 0 amide bonds. The van der Waals surface area contributed by atoms with E-state index in [2.05, 4.69) is 0 Å². The fraction of sp³-hybridized carbons (Fsp3) is 0.667. The molecule has 0 N–H and O–H groups in total. The molecule has 0 aromatic carbocycles. The van der Waals surface area contributed by atoms with E-state index in [1.165, 1.54) is 0 Å². The summed E-state index contributed by atoms with van der Waals surface area (Å²) in [6.45, 7) is 0.669. The van der Waals surface area contributed by atoms with Gasteiger partial charge in [0.15, 0.2) is 0 Å². The van der Waals surface area contributed by atoms with Crippen LogP contribution in [0.1, 0.15) is 0 Å². The van der Waals surface area contributed by atoms with Crippen LogP contribution in [0.2, 0.25) is 0 Å². The van der Waals surface area contributed by atoms with Crippen LogP contribution in [-0.4, -0.2) is 28.4 Å². The van der Waals surface area contributed by atoms with E-state index in [4.69, 9.17) is 4.74 Å². The molecule has 2 nitrogen and oxygen atoms in total. The number of hydrogen-bond donors (Lipinski definition) is 0. The van der Waals surface area contributed by atoms with Crippen molar-refractivity contribution >= 4 is 16.5 Å². The number of rotatable bonds is 1. The highest BCUT2D eigenvalue weighted by Gasteiger charge is 2.38. The topological polar surface area (TPSA) is 29.6 Å². The zero-order valence-electron chi connectivity index (χ0n) is 3.60. The van der Waals surface area contributed by atoms with Crippen molar-refractivity contribution in [2.75, 3.05) is 6.61 Å². The van der Waals surface area contributed by atoms with Gasteiger partial charge in [-0.3, -0.25) is 0 Å². The molecule has 1 unspecified atom stereocenters. The minimum atomic E-state index is -0.250. The number of carbonyl (C=O) groups excluding carboxylic acids is 1. The maximum absolute atomic E-state index is 9.80. The molecule has 0 radical (unpaired) electrons. The quantitative estimate of drug-likeness (QED) is 0.224. The third kappa shape index (κ3) is 0.506. The van der Waals surface area contributed by atoms with Gasteiger partial charge in [-0.05, 0) is 0 Å². The fourth-order valence-corrected chi connectivity index (χ4v) is 0.326. The summed E-state index contributed by atoms with van der Waals surface area (Å²) in [5, 5.41) is -0.250. The van der Waals surface area contributed by atoms with Crippen LogP contribution < -0.4 is 0 Å². The zero-order chi connectivity index (χ0) is 4.62. The van der Waals surface area contributed by atoms with Gasteiger partial charge in [-0.15, -0.1) is 0 Å². The highest BCUT2D eigenvalue weighted by atomic mass is 28.1. The lowest BCUT2D eigenvalue weighted by Crippen LogP contribution is -2.10. The summed E-state index contributed by atoms with van der Waals surface area (Å²) in [5.74, 6) is 0. The normalized spacial score (nSPS) is 42.7. The summed E-state index contributed by atoms with van der Waals surface area (Å²) < 4.78 is 4.74. The first kappa shape index (κ1) is 4.02. The average Bonchev–Trinajstić information content (AvgIpc) is 2.22. The number of ether oxygens (including phenoxy) is 1. The zero-order valence-corrected chi connectivity index (χ0v) is 5.60. The SMILES string of the molecule is O=CC1([SiH3])CO1. The Labute approximate surface area is 38.9 Å². The number of epoxide rings is 1. The van der Waals surface area contributed by atoms with Gasteiger partial charge in [0.25, 0.3) is 0 Å². The van der Waals surface area contributed by atoms with Crippen molar-refractivity contribution in [1.82, 2.24) is 0 Å². The molecule has 0 aromatic heterocycles. The monoisotopic (exact) mass is 102 g/mol. The Morgan fingerprint density at radius 3 is 2.50 bits per heavy atom. The minimum Gasteiger partial charge on any atom is -0.367 e. The summed E-state index contributed by atoms with van der Waals surface area (Å²) in [5.41, 5.74) is 0. The van der Waals surface area contributed by atoms with Crippen molar-refractivity contribution in [3.8, 4) is 0 Å². The molecule has 1 aliphatic rings. The summed E-state index contributed by atoms with van der Waals surface area (Å²) in [6.07, 6.45) is 0.888. The maximum atomic E-state index is 9.80. The van der Waals surface area contributed by atoms with Gasteiger partial charge in [-0.25, -0.2) is 0 Å². The average molecular weight is 102 g/mol. The fourth-order valence-electron chi connectivity index (χ4n) is 0.182. The molecule has 1 fully saturated rings. The Balaban J connectivity index is 2.47. The van der Waals surface area contributed by atoms with Crippen LogP contribution >= 0.6 is 0 Å². The van der Waals surface area contributed by atoms with Crippen molar-refractivity contribution in [3.05, 3.63) is 0 Å². The molecule has 0 saturated carbocycles. The predicted molar refractivity (Wildman–Crippen MR) is 24.7 cm³/mol. The Morgan fingerprint density at radius 1 is 2.00 bits per heavy atom. The Morgan fingerprint density at radius 2 is 2.50 bits per heavy atom. The summed E-state index contributed by atoms with van der Waals surface area (Å²) in [6, 6.07) is 0. The second-order valence-electron chi connectivity index (χ2n) is 1.72. The van der Waals surface area contributed by atoms with Gasteiger partial charge < -0.3 is 9.53 Å². The highest BCUT2D eigenvalue weighted by Crippen LogP contribution is 2.17. The number of carbonyl (C=O) groups is 1. The number of hydrogen-bond acceptors (Lipinski definition) is 2. The Kier molecular flexibility index (Phi) is 0.614. The third-order valence-corrected chi connectivity index (χ3v) is 1.66.